The number of carbonyl (C=O) groups excluding carboxylic acids is 1. The molecule has 0 aliphatic rings. The fraction of sp³-hybridized carbons (Fsp3) is 0.235. The fourth-order valence-corrected chi connectivity index (χ4v) is 3.07. The van der Waals surface area contributed by atoms with E-state index in [0.29, 0.717) is 0 Å². The summed E-state index contributed by atoms with van der Waals surface area (Å²) in [6.07, 6.45) is -0.0408. The molecule has 20 nitrogen and oxygen atoms in total. The first-order valence-corrected chi connectivity index (χ1v) is 12.7. The molecule has 3 aromatic heterocycles. The van der Waals surface area contributed by atoms with Gasteiger partial charge in [-0.1, -0.05) is 0 Å². The van der Waals surface area contributed by atoms with Crippen LogP contribution in [0.4, 0.5) is 22.6 Å². The number of primary amides is 1. The molecule has 0 aliphatic carbocycles. The first-order chi connectivity index (χ1) is 19.9. The SMILES string of the molecule is CC(Nc1nc(Cl)nc(Cl)n1)(C(=O)O)C(=O)O.NC(=O)Nc1nc(Cl)nc(Cl)n1.O=C(O)CCNc1nc(Cl)nc(Cl)n1. The Kier molecular flexibility index (Phi) is 14.9. The molecule has 43 heavy (non-hydrogen) atoms. The van der Waals surface area contributed by atoms with Crippen molar-refractivity contribution in [3.05, 3.63) is 31.7 Å². The number of carboxylic acids is 3. The second-order valence-electron chi connectivity index (χ2n) is 7.01. The monoisotopic (exact) mass is 723 g/mol. The Bertz CT molecular complexity index is 1410. The van der Waals surface area contributed by atoms with Crippen LogP contribution >= 0.6 is 69.6 Å². The topological polar surface area (TPSA) is 307 Å². The van der Waals surface area contributed by atoms with E-state index >= 15 is 0 Å². The molecule has 3 aromatic rings. The first-order valence-electron chi connectivity index (χ1n) is 10.4. The number of aliphatic carboxylic acids is 3. The smallest absolute Gasteiger partial charge is 0.340 e. The number of urea groups is 1. The van der Waals surface area contributed by atoms with Crippen molar-refractivity contribution < 1.29 is 34.5 Å². The molecule has 0 spiro atoms. The lowest BCUT2D eigenvalue weighted by Gasteiger charge is -2.20. The van der Waals surface area contributed by atoms with Gasteiger partial charge in [0.1, 0.15) is 0 Å². The molecule has 0 fully saturated rings. The summed E-state index contributed by atoms with van der Waals surface area (Å²) < 4.78 is 0. The van der Waals surface area contributed by atoms with Crippen LogP contribution in [0.2, 0.25) is 31.7 Å². The van der Waals surface area contributed by atoms with Crippen molar-refractivity contribution in [1.29, 1.82) is 0 Å². The van der Waals surface area contributed by atoms with E-state index in [9.17, 15) is 19.2 Å². The van der Waals surface area contributed by atoms with Gasteiger partial charge in [0, 0.05) is 6.54 Å². The first kappa shape index (κ1) is 37.1. The van der Waals surface area contributed by atoms with E-state index in [-0.39, 0.29) is 62.5 Å². The van der Waals surface area contributed by atoms with Crippen molar-refractivity contribution in [1.82, 2.24) is 44.9 Å². The number of nitrogens with two attached hydrogens (primary N) is 1. The average Bonchev–Trinajstić information content (AvgIpc) is 2.82. The van der Waals surface area contributed by atoms with Crippen LogP contribution in [0.3, 0.4) is 0 Å². The maximum atomic E-state index is 10.9. The summed E-state index contributed by atoms with van der Waals surface area (Å²) in [6.45, 7) is 1.13. The van der Waals surface area contributed by atoms with Gasteiger partial charge in [-0.05, 0) is 76.5 Å². The van der Waals surface area contributed by atoms with Crippen molar-refractivity contribution in [2.75, 3.05) is 22.5 Å². The Morgan fingerprint density at radius 3 is 1.33 bits per heavy atom. The van der Waals surface area contributed by atoms with Crippen molar-refractivity contribution in [3.8, 4) is 0 Å². The van der Waals surface area contributed by atoms with E-state index in [1.54, 1.807) is 0 Å². The molecule has 0 unspecified atom stereocenters. The van der Waals surface area contributed by atoms with Crippen LogP contribution < -0.4 is 21.7 Å². The Morgan fingerprint density at radius 1 is 0.651 bits per heavy atom. The maximum absolute atomic E-state index is 10.9. The Labute approximate surface area is 268 Å². The second kappa shape index (κ2) is 17.2. The largest absolute Gasteiger partial charge is 0.481 e. The third kappa shape index (κ3) is 14.2. The van der Waals surface area contributed by atoms with E-state index in [1.165, 1.54) is 0 Å². The van der Waals surface area contributed by atoms with Crippen molar-refractivity contribution in [2.24, 2.45) is 5.73 Å². The standard InChI is InChI=1S/C7H6Cl2N4O4.C6H6Cl2N4O2.C4H3Cl2N5O/c1-7(2(14)15,3(16)17)13-6-11-4(8)10-5(9)12-6;7-4-10-5(8)12-6(11-4)9-2-1-3(13)14;5-1-8-2(6)10-4(9-1)11-3(7)12/h1H3,(H,14,15)(H,16,17)(H,10,11,12,13);1-2H2,(H,13,14)(H,9,10,11,12);(H3,7,8,9,10,11,12). The zero-order valence-corrected chi connectivity index (χ0v) is 25.3. The van der Waals surface area contributed by atoms with Crippen LogP contribution in [0, 0.1) is 0 Å². The lowest BCUT2D eigenvalue weighted by Crippen LogP contribution is -2.51. The van der Waals surface area contributed by atoms with Crippen LogP contribution in [-0.4, -0.2) is 96.2 Å². The lowest BCUT2D eigenvalue weighted by atomic mass is 10.0. The number of hydrogen-bond donors (Lipinski definition) is 7. The third-order valence-electron chi connectivity index (χ3n) is 3.82. The summed E-state index contributed by atoms with van der Waals surface area (Å²) in [4.78, 5) is 74.0. The number of halogens is 6. The number of amides is 2. The molecule has 0 bridgehead atoms. The molecule has 8 N–H and O–H groups in total. The summed E-state index contributed by atoms with van der Waals surface area (Å²) in [7, 11) is 0. The number of aromatic nitrogens is 9. The number of hydrogen-bond acceptors (Lipinski definition) is 15. The number of nitrogens with one attached hydrogen (secondary N) is 3. The van der Waals surface area contributed by atoms with Crippen molar-refractivity contribution in [3.63, 3.8) is 0 Å². The van der Waals surface area contributed by atoms with Crippen LogP contribution in [0.15, 0.2) is 0 Å². The van der Waals surface area contributed by atoms with Crippen LogP contribution in [0.1, 0.15) is 13.3 Å². The number of carbonyl (C=O) groups is 4. The summed E-state index contributed by atoms with van der Waals surface area (Å²) in [5.74, 6) is -4.40. The van der Waals surface area contributed by atoms with Gasteiger partial charge in [-0.25, -0.2) is 14.4 Å². The molecular formula is C17H15Cl6N13O7. The van der Waals surface area contributed by atoms with E-state index in [1.807, 2.05) is 0 Å². The quantitative estimate of drug-likeness (QED) is 0.156. The highest BCUT2D eigenvalue weighted by molar-refractivity contribution is 6.32. The molecule has 2 amide bonds. The molecule has 0 aliphatic heterocycles. The summed E-state index contributed by atoms with van der Waals surface area (Å²) in [6, 6.07) is -0.798. The van der Waals surface area contributed by atoms with Gasteiger partial charge in [-0.15, -0.1) is 0 Å². The molecule has 0 aromatic carbocycles. The molecule has 0 atom stereocenters. The van der Waals surface area contributed by atoms with E-state index in [2.05, 4.69) is 60.8 Å². The van der Waals surface area contributed by atoms with Gasteiger partial charge in [-0.3, -0.25) is 10.1 Å². The highest BCUT2D eigenvalue weighted by Gasteiger charge is 2.42. The normalized spacial score (nSPS) is 10.2. The number of rotatable bonds is 9. The van der Waals surface area contributed by atoms with Crippen molar-refractivity contribution >= 4 is 111 Å². The van der Waals surface area contributed by atoms with Crippen LogP contribution in [0.25, 0.3) is 0 Å². The summed E-state index contributed by atoms with van der Waals surface area (Å²) >= 11 is 32.7. The van der Waals surface area contributed by atoms with Gasteiger partial charge in [0.05, 0.1) is 6.42 Å². The number of nitrogens with zero attached hydrogens (tertiary/aromatic N) is 9. The minimum atomic E-state index is -2.30. The van der Waals surface area contributed by atoms with E-state index < -0.39 is 29.5 Å². The fourth-order valence-electron chi connectivity index (χ4n) is 1.98. The molecule has 0 saturated carbocycles. The predicted octanol–water partition coefficient (Wildman–Crippen LogP) is 2.25. The molecule has 0 radical (unpaired) electrons. The minimum absolute atomic E-state index is 0.0391. The Morgan fingerprint density at radius 2 is 1.00 bits per heavy atom. The number of anilines is 3. The molecular weight excluding hydrogens is 711 g/mol. The lowest BCUT2D eigenvalue weighted by molar-refractivity contribution is -0.154. The van der Waals surface area contributed by atoms with Crippen LogP contribution in [0.5, 0.6) is 0 Å². The average molecular weight is 726 g/mol. The highest BCUT2D eigenvalue weighted by Crippen LogP contribution is 2.16. The van der Waals surface area contributed by atoms with Gasteiger partial charge in [-0.2, -0.15) is 44.9 Å². The Hall–Kier alpha value is -3.95. The minimum Gasteiger partial charge on any atom is -0.481 e. The van der Waals surface area contributed by atoms with E-state index in [0.717, 1.165) is 6.92 Å². The maximum Gasteiger partial charge on any atom is 0.340 e. The Balaban J connectivity index is 0.000000328. The second-order valence-corrected chi connectivity index (χ2v) is 9.04. The molecule has 26 heteroatoms. The zero-order chi connectivity index (χ0) is 32.9. The van der Waals surface area contributed by atoms with Crippen LogP contribution in [-0.2, 0) is 14.4 Å². The summed E-state index contributed by atoms with van der Waals surface area (Å²) in [5, 5.41) is 32.0. The van der Waals surface area contributed by atoms with E-state index in [4.69, 9.17) is 90.7 Å². The van der Waals surface area contributed by atoms with Gasteiger partial charge in [0.25, 0.3) is 0 Å². The zero-order valence-electron chi connectivity index (χ0n) is 20.8. The number of carboxylic acid groups (broad SMARTS) is 3. The highest BCUT2D eigenvalue weighted by atomic mass is 35.5. The van der Waals surface area contributed by atoms with Gasteiger partial charge < -0.3 is 31.7 Å². The van der Waals surface area contributed by atoms with Gasteiger partial charge in [0.2, 0.25) is 55.1 Å². The molecule has 232 valence electrons. The molecule has 3 heterocycles. The van der Waals surface area contributed by atoms with Gasteiger partial charge in [0.15, 0.2) is 0 Å². The predicted molar refractivity (Wildman–Crippen MR) is 151 cm³/mol. The van der Waals surface area contributed by atoms with Crippen molar-refractivity contribution in [2.45, 2.75) is 18.9 Å². The molecule has 0 saturated heterocycles. The van der Waals surface area contributed by atoms with Gasteiger partial charge >= 0.3 is 23.9 Å². The molecule has 3 rings (SSSR count). The third-order valence-corrected chi connectivity index (χ3v) is 4.83. The summed E-state index contributed by atoms with van der Waals surface area (Å²) in [5.41, 5.74) is 2.49.